The highest BCUT2D eigenvalue weighted by Crippen LogP contribution is 2.25. The highest BCUT2D eigenvalue weighted by atomic mass is 35.5. The molecule has 5 nitrogen and oxygen atoms in total. The second kappa shape index (κ2) is 8.15. The number of carbonyl (C=O) groups excluding carboxylic acids is 1. The molecule has 1 amide bonds. The molecule has 0 aliphatic heterocycles. The van der Waals surface area contributed by atoms with Crippen LogP contribution in [0.3, 0.4) is 0 Å². The molecule has 0 fully saturated rings. The third kappa shape index (κ3) is 4.34. The van der Waals surface area contributed by atoms with Gasteiger partial charge in [-0.1, -0.05) is 29.9 Å². The van der Waals surface area contributed by atoms with Gasteiger partial charge >= 0.3 is 4.87 Å². The van der Waals surface area contributed by atoms with Crippen molar-refractivity contribution < 1.29 is 9.53 Å². The van der Waals surface area contributed by atoms with E-state index in [0.29, 0.717) is 22.9 Å². The molecule has 1 atom stereocenters. The molecule has 3 aromatic rings. The van der Waals surface area contributed by atoms with E-state index < -0.39 is 6.10 Å². The average Bonchev–Trinajstić information content (AvgIpc) is 2.96. The van der Waals surface area contributed by atoms with Crippen LogP contribution in [0.2, 0.25) is 5.02 Å². The average molecular weight is 405 g/mol. The number of anilines is 1. The molecule has 142 valence electrons. The van der Waals surface area contributed by atoms with E-state index in [1.165, 1.54) is 11.3 Å². The maximum atomic E-state index is 12.6. The molecule has 1 N–H and O–H groups in total. The lowest BCUT2D eigenvalue weighted by atomic mass is 10.2. The fourth-order valence-electron chi connectivity index (χ4n) is 2.83. The summed E-state index contributed by atoms with van der Waals surface area (Å²) in [5, 5.41) is 3.49. The van der Waals surface area contributed by atoms with Gasteiger partial charge in [-0.05, 0) is 62.7 Å². The second-order valence-electron chi connectivity index (χ2n) is 6.47. The van der Waals surface area contributed by atoms with Crippen LogP contribution in [0.1, 0.15) is 33.2 Å². The number of carbonyl (C=O) groups is 1. The number of thiazole rings is 1. The lowest BCUT2D eigenvalue weighted by Gasteiger charge is -2.17. The second-order valence-corrected chi connectivity index (χ2v) is 7.90. The SMILES string of the molecule is CC[C@H](Oc1ccc(Cl)cc1)C(=O)Nc1ccc2c(c1)sc(=O)n2C(C)C. The maximum Gasteiger partial charge on any atom is 0.308 e. The Labute approximate surface area is 166 Å². The predicted molar refractivity (Wildman–Crippen MR) is 111 cm³/mol. The quantitative estimate of drug-likeness (QED) is 0.622. The number of aromatic nitrogens is 1. The number of nitrogens with zero attached hydrogens (tertiary/aromatic N) is 1. The number of rotatable bonds is 6. The zero-order chi connectivity index (χ0) is 19.6. The summed E-state index contributed by atoms with van der Waals surface area (Å²) in [6.45, 7) is 5.84. The summed E-state index contributed by atoms with van der Waals surface area (Å²) in [6, 6.07) is 12.5. The van der Waals surface area contributed by atoms with E-state index in [2.05, 4.69) is 5.32 Å². The van der Waals surface area contributed by atoms with Crippen LogP contribution in [0.4, 0.5) is 5.69 Å². The number of nitrogens with one attached hydrogen (secondary N) is 1. The van der Waals surface area contributed by atoms with Crippen LogP contribution in [0, 0.1) is 0 Å². The van der Waals surface area contributed by atoms with Crippen molar-refractivity contribution in [1.82, 2.24) is 4.57 Å². The molecule has 3 rings (SSSR count). The molecule has 1 heterocycles. The van der Waals surface area contributed by atoms with E-state index in [1.807, 2.05) is 32.9 Å². The topological polar surface area (TPSA) is 60.3 Å². The number of amides is 1. The zero-order valence-corrected chi connectivity index (χ0v) is 16.9. The van der Waals surface area contributed by atoms with Crippen LogP contribution in [-0.2, 0) is 4.79 Å². The summed E-state index contributed by atoms with van der Waals surface area (Å²) in [7, 11) is 0. The van der Waals surface area contributed by atoms with E-state index in [9.17, 15) is 9.59 Å². The number of benzene rings is 2. The van der Waals surface area contributed by atoms with Crippen molar-refractivity contribution in [2.24, 2.45) is 0 Å². The zero-order valence-electron chi connectivity index (χ0n) is 15.4. The van der Waals surface area contributed by atoms with Gasteiger partial charge in [0.05, 0.1) is 10.2 Å². The Morgan fingerprint density at radius 2 is 1.93 bits per heavy atom. The number of ether oxygens (including phenoxy) is 1. The smallest absolute Gasteiger partial charge is 0.308 e. The van der Waals surface area contributed by atoms with Gasteiger partial charge in [0.15, 0.2) is 6.10 Å². The molecule has 1 aromatic heterocycles. The van der Waals surface area contributed by atoms with Crippen molar-refractivity contribution in [2.45, 2.75) is 39.3 Å². The third-order valence-corrected chi connectivity index (χ3v) is 5.32. The van der Waals surface area contributed by atoms with Gasteiger partial charge in [-0.3, -0.25) is 14.2 Å². The van der Waals surface area contributed by atoms with E-state index in [0.717, 1.165) is 10.2 Å². The Morgan fingerprint density at radius 1 is 1.22 bits per heavy atom. The van der Waals surface area contributed by atoms with Crippen LogP contribution in [-0.4, -0.2) is 16.6 Å². The van der Waals surface area contributed by atoms with Gasteiger partial charge in [-0.2, -0.15) is 0 Å². The third-order valence-electron chi connectivity index (χ3n) is 4.15. The first kappa shape index (κ1) is 19.5. The Balaban J connectivity index is 1.77. The van der Waals surface area contributed by atoms with Gasteiger partial charge in [-0.15, -0.1) is 0 Å². The van der Waals surface area contributed by atoms with Crippen molar-refractivity contribution in [3.8, 4) is 5.75 Å². The Bertz CT molecular complexity index is 1010. The fraction of sp³-hybridized carbons (Fsp3) is 0.300. The Morgan fingerprint density at radius 3 is 2.56 bits per heavy atom. The molecule has 0 aliphatic carbocycles. The molecule has 0 unspecified atom stereocenters. The molecule has 0 aliphatic rings. The number of halogens is 1. The van der Waals surface area contributed by atoms with E-state index in [1.54, 1.807) is 34.9 Å². The molecule has 27 heavy (non-hydrogen) atoms. The van der Waals surface area contributed by atoms with Gasteiger partial charge < -0.3 is 10.1 Å². The van der Waals surface area contributed by atoms with Crippen LogP contribution in [0.25, 0.3) is 10.2 Å². The Kier molecular flexibility index (Phi) is 5.87. The van der Waals surface area contributed by atoms with Gasteiger partial charge in [0.25, 0.3) is 5.91 Å². The molecular formula is C20H21ClN2O3S. The summed E-state index contributed by atoms with van der Waals surface area (Å²) >= 11 is 7.05. The Hall–Kier alpha value is -2.31. The van der Waals surface area contributed by atoms with E-state index in [4.69, 9.17) is 16.3 Å². The van der Waals surface area contributed by atoms with E-state index in [-0.39, 0.29) is 16.8 Å². The minimum Gasteiger partial charge on any atom is -0.481 e. The van der Waals surface area contributed by atoms with Crippen molar-refractivity contribution in [3.05, 3.63) is 57.2 Å². The lowest BCUT2D eigenvalue weighted by Crippen LogP contribution is -2.32. The maximum absolute atomic E-state index is 12.6. The predicted octanol–water partition coefficient (Wildman–Crippen LogP) is 5.09. The molecular weight excluding hydrogens is 384 g/mol. The number of hydrogen-bond acceptors (Lipinski definition) is 4. The van der Waals surface area contributed by atoms with Crippen LogP contribution in [0.5, 0.6) is 5.75 Å². The normalized spacial score (nSPS) is 12.3. The van der Waals surface area contributed by atoms with Gasteiger partial charge in [0.2, 0.25) is 0 Å². The summed E-state index contributed by atoms with van der Waals surface area (Å²) in [5.74, 6) is 0.353. The fourth-order valence-corrected chi connectivity index (χ4v) is 4.00. The summed E-state index contributed by atoms with van der Waals surface area (Å²) in [4.78, 5) is 24.8. The summed E-state index contributed by atoms with van der Waals surface area (Å²) in [6.07, 6.45) is -0.103. The standard InChI is InChI=1S/C20H21ClN2O3S/c1-4-17(26-15-8-5-13(21)6-9-15)19(24)22-14-7-10-16-18(11-14)27-20(25)23(16)12(2)3/h5-12,17H,4H2,1-3H3,(H,22,24)/t17-/m0/s1. The molecule has 0 saturated heterocycles. The van der Waals surface area contributed by atoms with Gasteiger partial charge in [0, 0.05) is 16.8 Å². The number of hydrogen-bond donors (Lipinski definition) is 1. The first-order chi connectivity index (χ1) is 12.9. The molecule has 2 aromatic carbocycles. The minimum atomic E-state index is -0.624. The highest BCUT2D eigenvalue weighted by Gasteiger charge is 2.19. The van der Waals surface area contributed by atoms with Crippen LogP contribution < -0.4 is 14.9 Å². The molecule has 0 bridgehead atoms. The van der Waals surface area contributed by atoms with Gasteiger partial charge in [-0.25, -0.2) is 0 Å². The highest BCUT2D eigenvalue weighted by molar-refractivity contribution is 7.16. The molecule has 0 spiro atoms. The number of fused-ring (bicyclic) bond motifs is 1. The monoisotopic (exact) mass is 404 g/mol. The van der Waals surface area contributed by atoms with Crippen molar-refractivity contribution >= 4 is 44.7 Å². The summed E-state index contributed by atoms with van der Waals surface area (Å²) in [5.41, 5.74) is 1.52. The van der Waals surface area contributed by atoms with Crippen molar-refractivity contribution in [1.29, 1.82) is 0 Å². The molecule has 0 saturated carbocycles. The summed E-state index contributed by atoms with van der Waals surface area (Å²) < 4.78 is 8.37. The molecule has 0 radical (unpaired) electrons. The molecule has 7 heteroatoms. The first-order valence-corrected chi connectivity index (χ1v) is 9.96. The first-order valence-electron chi connectivity index (χ1n) is 8.77. The minimum absolute atomic E-state index is 0.000910. The van der Waals surface area contributed by atoms with Crippen LogP contribution >= 0.6 is 22.9 Å². The van der Waals surface area contributed by atoms with Gasteiger partial charge in [0.1, 0.15) is 5.75 Å². The lowest BCUT2D eigenvalue weighted by molar-refractivity contribution is -0.122. The van der Waals surface area contributed by atoms with Crippen molar-refractivity contribution in [3.63, 3.8) is 0 Å². The van der Waals surface area contributed by atoms with E-state index >= 15 is 0 Å². The largest absolute Gasteiger partial charge is 0.481 e. The van der Waals surface area contributed by atoms with Crippen molar-refractivity contribution in [2.75, 3.05) is 5.32 Å². The van der Waals surface area contributed by atoms with Crippen LogP contribution in [0.15, 0.2) is 47.3 Å².